The van der Waals surface area contributed by atoms with Crippen LogP contribution in [-0.2, 0) is 4.74 Å². The van der Waals surface area contributed by atoms with Gasteiger partial charge in [0.15, 0.2) is 0 Å². The van der Waals surface area contributed by atoms with Crippen LogP contribution >= 0.6 is 12.4 Å². The van der Waals surface area contributed by atoms with Crippen LogP contribution in [0.4, 0.5) is 0 Å². The first-order valence-corrected chi connectivity index (χ1v) is 7.47. The number of hydrogen-bond donors (Lipinski definition) is 0. The van der Waals surface area contributed by atoms with E-state index in [1.54, 1.807) is 0 Å². The topological polar surface area (TPSA) is 30.9 Å². The second-order valence-electron chi connectivity index (χ2n) is 5.11. The third kappa shape index (κ3) is 6.55. The second-order valence-corrected chi connectivity index (χ2v) is 5.11. The molecule has 5 heteroatoms. The molecule has 1 heterocycles. The third-order valence-corrected chi connectivity index (χ3v) is 3.52. The van der Waals surface area contributed by atoms with Crippen LogP contribution in [0.1, 0.15) is 20.3 Å². The number of benzene rings is 1. The molecule has 1 unspecified atom stereocenters. The first-order valence-electron chi connectivity index (χ1n) is 7.47. The summed E-state index contributed by atoms with van der Waals surface area (Å²) in [6.45, 7) is 9.54. The molecule has 0 N–H and O–H groups in total. The number of hydrogen-bond acceptors (Lipinski definition) is 4. The Bertz CT molecular complexity index is 380. The number of rotatable bonds is 7. The summed E-state index contributed by atoms with van der Waals surface area (Å²) in [4.78, 5) is 2.36. The highest BCUT2D eigenvalue weighted by molar-refractivity contribution is 5.85. The van der Waals surface area contributed by atoms with Gasteiger partial charge in [-0.2, -0.15) is 0 Å². The van der Waals surface area contributed by atoms with Crippen molar-refractivity contribution in [1.82, 2.24) is 4.90 Å². The number of morpholine rings is 1. The zero-order valence-electron chi connectivity index (χ0n) is 12.9. The maximum absolute atomic E-state index is 5.76. The summed E-state index contributed by atoms with van der Waals surface area (Å²) in [6, 6.07) is 7.88. The SMILES string of the molecule is CCC(C)Oc1ccc(OCCN2CCOCC2)cc1.Cl. The highest BCUT2D eigenvalue weighted by Crippen LogP contribution is 2.19. The first kappa shape index (κ1) is 18.1. The summed E-state index contributed by atoms with van der Waals surface area (Å²) < 4.78 is 16.8. The van der Waals surface area contributed by atoms with Crippen LogP contribution in [0.3, 0.4) is 0 Å². The molecule has 0 bridgehead atoms. The van der Waals surface area contributed by atoms with Crippen molar-refractivity contribution in [2.45, 2.75) is 26.4 Å². The largest absolute Gasteiger partial charge is 0.492 e. The van der Waals surface area contributed by atoms with Gasteiger partial charge in [-0.25, -0.2) is 0 Å². The Hall–Kier alpha value is -0.970. The Morgan fingerprint density at radius 3 is 2.38 bits per heavy atom. The summed E-state index contributed by atoms with van der Waals surface area (Å²) in [5.41, 5.74) is 0. The molecule has 1 aliphatic heterocycles. The molecule has 0 aromatic heterocycles. The molecule has 120 valence electrons. The van der Waals surface area contributed by atoms with Crippen LogP contribution in [0.2, 0.25) is 0 Å². The zero-order chi connectivity index (χ0) is 14.2. The number of halogens is 1. The fraction of sp³-hybridized carbons (Fsp3) is 0.625. The lowest BCUT2D eigenvalue weighted by atomic mass is 10.3. The predicted molar refractivity (Wildman–Crippen MR) is 86.8 cm³/mol. The van der Waals surface area contributed by atoms with Crippen molar-refractivity contribution in [3.63, 3.8) is 0 Å². The van der Waals surface area contributed by atoms with Gasteiger partial charge < -0.3 is 14.2 Å². The summed E-state index contributed by atoms with van der Waals surface area (Å²) >= 11 is 0. The Morgan fingerprint density at radius 2 is 1.76 bits per heavy atom. The Kier molecular flexibility index (Phi) is 8.50. The molecule has 0 saturated carbocycles. The standard InChI is InChI=1S/C16H25NO3.ClH/c1-3-14(2)20-16-6-4-15(5-7-16)19-13-10-17-8-11-18-12-9-17;/h4-7,14H,3,8-13H2,1-2H3;1H. The van der Waals surface area contributed by atoms with Crippen molar-refractivity contribution in [3.05, 3.63) is 24.3 Å². The summed E-state index contributed by atoms with van der Waals surface area (Å²) in [5, 5.41) is 0. The minimum Gasteiger partial charge on any atom is -0.492 e. The monoisotopic (exact) mass is 315 g/mol. The van der Waals surface area contributed by atoms with E-state index in [4.69, 9.17) is 14.2 Å². The maximum atomic E-state index is 5.76. The fourth-order valence-corrected chi connectivity index (χ4v) is 2.05. The first-order chi connectivity index (χ1) is 9.78. The molecule has 0 radical (unpaired) electrons. The van der Waals surface area contributed by atoms with E-state index in [1.165, 1.54) is 0 Å². The summed E-state index contributed by atoms with van der Waals surface area (Å²) in [7, 11) is 0. The van der Waals surface area contributed by atoms with E-state index >= 15 is 0 Å². The fourth-order valence-electron chi connectivity index (χ4n) is 2.05. The van der Waals surface area contributed by atoms with Gasteiger partial charge in [0.25, 0.3) is 0 Å². The van der Waals surface area contributed by atoms with Crippen LogP contribution in [0.15, 0.2) is 24.3 Å². The molecule has 1 aliphatic rings. The Balaban J connectivity index is 0.00000220. The minimum absolute atomic E-state index is 0. The van der Waals surface area contributed by atoms with E-state index < -0.39 is 0 Å². The molecule has 0 spiro atoms. The average molecular weight is 316 g/mol. The lowest BCUT2D eigenvalue weighted by Crippen LogP contribution is -2.38. The summed E-state index contributed by atoms with van der Waals surface area (Å²) in [5.74, 6) is 1.80. The van der Waals surface area contributed by atoms with E-state index in [2.05, 4.69) is 18.7 Å². The van der Waals surface area contributed by atoms with E-state index in [1.807, 2.05) is 24.3 Å². The molecule has 0 aliphatic carbocycles. The Labute approximate surface area is 133 Å². The highest BCUT2D eigenvalue weighted by atomic mass is 35.5. The maximum Gasteiger partial charge on any atom is 0.119 e. The molecule has 1 aromatic carbocycles. The van der Waals surface area contributed by atoms with Gasteiger partial charge in [-0.3, -0.25) is 4.90 Å². The summed E-state index contributed by atoms with van der Waals surface area (Å²) in [6.07, 6.45) is 1.26. The van der Waals surface area contributed by atoms with Crippen molar-refractivity contribution < 1.29 is 14.2 Å². The molecule has 0 amide bonds. The van der Waals surface area contributed by atoms with Crippen LogP contribution < -0.4 is 9.47 Å². The lowest BCUT2D eigenvalue weighted by molar-refractivity contribution is 0.0322. The van der Waals surface area contributed by atoms with Gasteiger partial charge in [0.05, 0.1) is 19.3 Å². The van der Waals surface area contributed by atoms with Crippen LogP contribution in [-0.4, -0.2) is 50.5 Å². The number of nitrogens with zero attached hydrogens (tertiary/aromatic N) is 1. The van der Waals surface area contributed by atoms with Crippen molar-refractivity contribution in [3.8, 4) is 11.5 Å². The van der Waals surface area contributed by atoms with E-state index in [9.17, 15) is 0 Å². The van der Waals surface area contributed by atoms with Crippen molar-refractivity contribution in [2.24, 2.45) is 0 Å². The predicted octanol–water partition coefficient (Wildman–Crippen LogP) is 3.00. The van der Waals surface area contributed by atoms with Crippen LogP contribution in [0.5, 0.6) is 11.5 Å². The van der Waals surface area contributed by atoms with Crippen molar-refractivity contribution >= 4 is 12.4 Å². The molecule has 21 heavy (non-hydrogen) atoms. The molecule has 2 rings (SSSR count). The van der Waals surface area contributed by atoms with E-state index in [0.29, 0.717) is 6.61 Å². The van der Waals surface area contributed by atoms with Gasteiger partial charge in [-0.1, -0.05) is 6.92 Å². The second kappa shape index (κ2) is 9.87. The molecular weight excluding hydrogens is 290 g/mol. The molecular formula is C16H26ClNO3. The van der Waals surface area contributed by atoms with Crippen molar-refractivity contribution in [1.29, 1.82) is 0 Å². The molecule has 4 nitrogen and oxygen atoms in total. The smallest absolute Gasteiger partial charge is 0.119 e. The minimum atomic E-state index is 0. The Morgan fingerprint density at radius 1 is 1.14 bits per heavy atom. The van der Waals surface area contributed by atoms with Gasteiger partial charge in [0.1, 0.15) is 18.1 Å². The zero-order valence-corrected chi connectivity index (χ0v) is 13.7. The van der Waals surface area contributed by atoms with Gasteiger partial charge >= 0.3 is 0 Å². The molecule has 1 fully saturated rings. The van der Waals surface area contributed by atoms with E-state index in [-0.39, 0.29) is 18.5 Å². The normalized spacial score (nSPS) is 16.9. The average Bonchev–Trinajstić information content (AvgIpc) is 2.50. The lowest BCUT2D eigenvalue weighted by Gasteiger charge is -2.26. The number of ether oxygens (including phenoxy) is 3. The van der Waals surface area contributed by atoms with Crippen LogP contribution in [0, 0.1) is 0 Å². The van der Waals surface area contributed by atoms with Gasteiger partial charge in [0.2, 0.25) is 0 Å². The highest BCUT2D eigenvalue weighted by Gasteiger charge is 2.09. The van der Waals surface area contributed by atoms with Gasteiger partial charge in [-0.15, -0.1) is 12.4 Å². The molecule has 1 aromatic rings. The molecule has 1 atom stereocenters. The van der Waals surface area contributed by atoms with Gasteiger partial charge in [0, 0.05) is 19.6 Å². The molecule has 1 saturated heterocycles. The van der Waals surface area contributed by atoms with E-state index in [0.717, 1.165) is 50.8 Å². The quantitative estimate of drug-likeness (QED) is 0.774. The van der Waals surface area contributed by atoms with Crippen LogP contribution in [0.25, 0.3) is 0 Å². The van der Waals surface area contributed by atoms with Crippen molar-refractivity contribution in [2.75, 3.05) is 39.5 Å². The van der Waals surface area contributed by atoms with Gasteiger partial charge in [-0.05, 0) is 37.6 Å². The third-order valence-electron chi connectivity index (χ3n) is 3.52.